The third kappa shape index (κ3) is 5.74. The first-order chi connectivity index (χ1) is 15.7. The molecule has 0 aromatic heterocycles. The molecule has 166 valence electrons. The molecule has 1 aliphatic rings. The van der Waals surface area contributed by atoms with E-state index in [-0.39, 0.29) is 6.42 Å². The maximum absolute atomic E-state index is 10.9. The maximum Gasteiger partial charge on any atom is 0.303 e. The van der Waals surface area contributed by atoms with Crippen LogP contribution >= 0.6 is 11.8 Å². The van der Waals surface area contributed by atoms with Crippen molar-refractivity contribution in [2.24, 2.45) is 0 Å². The molecule has 32 heavy (non-hydrogen) atoms. The van der Waals surface area contributed by atoms with E-state index in [1.165, 1.54) is 27.9 Å². The molecule has 0 amide bonds. The minimum atomic E-state index is -0.708. The van der Waals surface area contributed by atoms with E-state index in [9.17, 15) is 4.79 Å². The zero-order chi connectivity index (χ0) is 22.2. The molecule has 0 atom stereocenters. The Labute approximate surface area is 195 Å². The summed E-state index contributed by atoms with van der Waals surface area (Å²) >= 11 is 2.01. The van der Waals surface area contributed by atoms with E-state index in [0.29, 0.717) is 11.7 Å². The summed E-state index contributed by atoms with van der Waals surface area (Å²) in [6.45, 7) is 2.11. The van der Waals surface area contributed by atoms with Crippen LogP contribution in [0.1, 0.15) is 46.8 Å². The first-order valence-electron chi connectivity index (χ1n) is 11.5. The number of nitrogens with zero attached hydrogens (tertiary/aromatic N) is 1. The topological polar surface area (TPSA) is 40.5 Å². The first kappa shape index (κ1) is 22.5. The summed E-state index contributed by atoms with van der Waals surface area (Å²) in [5, 5.41) is 9.31. The second kappa shape index (κ2) is 11.2. The molecule has 0 spiro atoms. The van der Waals surface area contributed by atoms with Crippen LogP contribution < -0.4 is 4.90 Å². The van der Waals surface area contributed by atoms with E-state index in [0.717, 1.165) is 38.1 Å². The Morgan fingerprint density at radius 3 is 2.28 bits per heavy atom. The fourth-order valence-corrected chi connectivity index (χ4v) is 5.85. The third-order valence-corrected chi connectivity index (χ3v) is 7.43. The van der Waals surface area contributed by atoms with Crippen LogP contribution in [0.3, 0.4) is 0 Å². The lowest BCUT2D eigenvalue weighted by Crippen LogP contribution is -2.32. The minimum Gasteiger partial charge on any atom is -0.481 e. The smallest absolute Gasteiger partial charge is 0.303 e. The lowest BCUT2D eigenvalue weighted by atomic mass is 9.93. The van der Waals surface area contributed by atoms with Crippen molar-refractivity contribution in [3.63, 3.8) is 0 Å². The number of hydrogen-bond acceptors (Lipinski definition) is 3. The Kier molecular flexibility index (Phi) is 7.89. The van der Waals surface area contributed by atoms with Gasteiger partial charge in [-0.2, -0.15) is 0 Å². The molecular formula is C28H31NO2S. The second-order valence-corrected chi connectivity index (χ2v) is 9.54. The molecule has 0 aliphatic carbocycles. The molecule has 0 bridgehead atoms. The molecule has 0 fully saturated rings. The highest BCUT2D eigenvalue weighted by molar-refractivity contribution is 7.99. The quantitative estimate of drug-likeness (QED) is 0.394. The van der Waals surface area contributed by atoms with Crippen molar-refractivity contribution in [3.8, 4) is 0 Å². The molecule has 3 aromatic carbocycles. The zero-order valence-electron chi connectivity index (χ0n) is 18.5. The van der Waals surface area contributed by atoms with Crippen LogP contribution in [0.25, 0.3) is 0 Å². The van der Waals surface area contributed by atoms with Gasteiger partial charge in [0.1, 0.15) is 0 Å². The van der Waals surface area contributed by atoms with E-state index in [4.69, 9.17) is 5.11 Å². The van der Waals surface area contributed by atoms with Gasteiger partial charge < -0.3 is 10.0 Å². The Balaban J connectivity index is 1.43. The molecule has 1 N–H and O–H groups in total. The molecule has 0 saturated carbocycles. The van der Waals surface area contributed by atoms with Crippen molar-refractivity contribution < 1.29 is 9.90 Å². The fraction of sp³-hybridized carbons (Fsp3) is 0.321. The fourth-order valence-electron chi connectivity index (χ4n) is 4.59. The number of aliphatic carboxylic acids is 1. The van der Waals surface area contributed by atoms with Gasteiger partial charge in [0.25, 0.3) is 0 Å². The number of rotatable bonds is 10. The number of thioether (sulfide) groups is 1. The van der Waals surface area contributed by atoms with Gasteiger partial charge in [-0.25, -0.2) is 0 Å². The predicted octanol–water partition coefficient (Wildman–Crippen LogP) is 6.37. The molecule has 0 radical (unpaired) electrons. The average Bonchev–Trinajstić information content (AvgIpc) is 2.83. The van der Waals surface area contributed by atoms with Gasteiger partial charge in [-0.05, 0) is 54.0 Å². The molecule has 4 heteroatoms. The minimum absolute atomic E-state index is 0.240. The van der Waals surface area contributed by atoms with Gasteiger partial charge in [-0.1, -0.05) is 72.8 Å². The molecule has 1 heterocycles. The van der Waals surface area contributed by atoms with Crippen molar-refractivity contribution in [1.29, 1.82) is 0 Å². The van der Waals surface area contributed by atoms with Crippen LogP contribution in [0.2, 0.25) is 0 Å². The number of aryl methyl sites for hydroxylation is 1. The number of carboxylic acid groups (broad SMARTS) is 1. The number of carboxylic acids is 1. The third-order valence-electron chi connectivity index (χ3n) is 6.13. The Bertz CT molecular complexity index is 967. The van der Waals surface area contributed by atoms with E-state index >= 15 is 0 Å². The summed E-state index contributed by atoms with van der Waals surface area (Å²) in [6, 6.07) is 28.1. The van der Waals surface area contributed by atoms with Gasteiger partial charge in [-0.15, -0.1) is 11.8 Å². The van der Waals surface area contributed by atoms with Gasteiger partial charge in [0.05, 0.1) is 5.25 Å². The van der Waals surface area contributed by atoms with Crippen LogP contribution in [0.5, 0.6) is 0 Å². The van der Waals surface area contributed by atoms with Crippen LogP contribution in [-0.2, 0) is 17.6 Å². The number of anilines is 1. The van der Waals surface area contributed by atoms with E-state index in [2.05, 4.69) is 83.8 Å². The summed E-state index contributed by atoms with van der Waals surface area (Å²) in [7, 11) is 0. The molecule has 0 unspecified atom stereocenters. The highest BCUT2D eigenvalue weighted by Crippen LogP contribution is 2.36. The molecule has 1 aliphatic heterocycles. The summed E-state index contributed by atoms with van der Waals surface area (Å²) in [5.74, 6) is 0.344. The van der Waals surface area contributed by atoms with Crippen LogP contribution in [0.4, 0.5) is 5.69 Å². The van der Waals surface area contributed by atoms with Gasteiger partial charge in [0.2, 0.25) is 0 Å². The predicted molar refractivity (Wildman–Crippen MR) is 135 cm³/mol. The van der Waals surface area contributed by atoms with E-state index < -0.39 is 5.97 Å². The van der Waals surface area contributed by atoms with Gasteiger partial charge >= 0.3 is 5.97 Å². The standard InChI is InChI=1S/C28H31NO2S/c30-27(31)18-8-15-22-14-7-17-26-25(22)16-9-19-29(26)20-21-32-28(23-10-3-1-4-11-23)24-12-5-2-6-13-24/h1-7,10-14,17,28H,8-9,15-16,18-21H2,(H,30,31). The molecule has 3 nitrogen and oxygen atoms in total. The first-order valence-corrected chi connectivity index (χ1v) is 12.6. The largest absolute Gasteiger partial charge is 0.481 e. The summed E-state index contributed by atoms with van der Waals surface area (Å²) in [5.41, 5.74) is 6.80. The molecule has 3 aromatic rings. The summed E-state index contributed by atoms with van der Waals surface area (Å²) in [4.78, 5) is 13.4. The Morgan fingerprint density at radius 2 is 1.62 bits per heavy atom. The van der Waals surface area contributed by atoms with Crippen molar-refractivity contribution >= 4 is 23.4 Å². The van der Waals surface area contributed by atoms with E-state index in [1.807, 2.05) is 11.8 Å². The van der Waals surface area contributed by atoms with Crippen molar-refractivity contribution in [2.75, 3.05) is 23.7 Å². The van der Waals surface area contributed by atoms with Crippen molar-refractivity contribution in [2.45, 2.75) is 37.4 Å². The highest BCUT2D eigenvalue weighted by Gasteiger charge is 2.20. The van der Waals surface area contributed by atoms with Gasteiger partial charge in [-0.3, -0.25) is 4.79 Å². The second-order valence-electron chi connectivity index (χ2n) is 8.32. The van der Waals surface area contributed by atoms with Crippen molar-refractivity contribution in [1.82, 2.24) is 0 Å². The molecular weight excluding hydrogens is 414 g/mol. The summed E-state index contributed by atoms with van der Waals surface area (Å²) in [6.07, 6.45) is 4.05. The average molecular weight is 446 g/mol. The normalized spacial score (nSPS) is 13.2. The van der Waals surface area contributed by atoms with E-state index in [1.54, 1.807) is 0 Å². The van der Waals surface area contributed by atoms with Gasteiger partial charge in [0.15, 0.2) is 0 Å². The maximum atomic E-state index is 10.9. The lowest BCUT2D eigenvalue weighted by Gasteiger charge is -2.33. The Hall–Kier alpha value is -2.72. The SMILES string of the molecule is O=C(O)CCCc1cccc2c1CCCN2CCSC(c1ccccc1)c1ccccc1. The zero-order valence-corrected chi connectivity index (χ0v) is 19.3. The lowest BCUT2D eigenvalue weighted by molar-refractivity contribution is -0.137. The van der Waals surface area contributed by atoms with Crippen LogP contribution in [-0.4, -0.2) is 29.9 Å². The Morgan fingerprint density at radius 1 is 0.938 bits per heavy atom. The van der Waals surface area contributed by atoms with Gasteiger partial charge in [0, 0.05) is 31.0 Å². The van der Waals surface area contributed by atoms with Crippen LogP contribution in [0, 0.1) is 0 Å². The number of fused-ring (bicyclic) bond motifs is 1. The molecule has 4 rings (SSSR count). The number of carbonyl (C=O) groups is 1. The summed E-state index contributed by atoms with van der Waals surface area (Å²) < 4.78 is 0. The van der Waals surface area contributed by atoms with Crippen LogP contribution in [0.15, 0.2) is 78.9 Å². The highest BCUT2D eigenvalue weighted by atomic mass is 32.2. The molecule has 0 saturated heterocycles. The van der Waals surface area contributed by atoms with Crippen molar-refractivity contribution in [3.05, 3.63) is 101 Å². The number of hydrogen-bond donors (Lipinski definition) is 1. The number of benzene rings is 3. The monoisotopic (exact) mass is 445 g/mol.